The quantitative estimate of drug-likeness (QED) is 0.263. The molecule has 3 aliphatic rings. The van der Waals surface area contributed by atoms with Crippen molar-refractivity contribution in [1.82, 2.24) is 28.9 Å². The number of hydrogen-bond donors (Lipinski definition) is 2. The van der Waals surface area contributed by atoms with Gasteiger partial charge in [-0.2, -0.15) is 27.8 Å². The molecule has 0 bridgehead atoms. The van der Waals surface area contributed by atoms with E-state index in [0.717, 1.165) is 30.5 Å². The predicted molar refractivity (Wildman–Crippen MR) is 181 cm³/mol. The molecule has 2 N–H and O–H groups in total. The first-order chi connectivity index (χ1) is 23.8. The lowest BCUT2D eigenvalue weighted by Crippen LogP contribution is -2.54. The van der Waals surface area contributed by atoms with Gasteiger partial charge in [0.15, 0.2) is 5.82 Å². The number of aromatic nitrogens is 6. The first-order valence-corrected chi connectivity index (χ1v) is 17.0. The normalized spacial score (nSPS) is 18.5. The summed E-state index contributed by atoms with van der Waals surface area (Å²) in [5.41, 5.74) is 1.36. The highest BCUT2D eigenvalue weighted by molar-refractivity contribution is 6.31. The zero-order valence-electron chi connectivity index (χ0n) is 27.8. The van der Waals surface area contributed by atoms with Gasteiger partial charge in [-0.25, -0.2) is 4.68 Å². The summed E-state index contributed by atoms with van der Waals surface area (Å²) in [5.74, 6) is 0.107. The Hall–Kier alpha value is -4.57. The topological polar surface area (TPSA) is 135 Å². The van der Waals surface area contributed by atoms with Crippen molar-refractivity contribution in [2.75, 3.05) is 48.0 Å². The van der Waals surface area contributed by atoms with Gasteiger partial charge in [0.05, 0.1) is 41.7 Å². The summed E-state index contributed by atoms with van der Waals surface area (Å²) in [5, 5.41) is 22.1. The molecule has 3 aromatic heterocycles. The van der Waals surface area contributed by atoms with Gasteiger partial charge in [0.2, 0.25) is 17.6 Å². The van der Waals surface area contributed by atoms with Gasteiger partial charge in [-0.1, -0.05) is 24.6 Å². The van der Waals surface area contributed by atoms with E-state index in [1.54, 1.807) is 15.4 Å². The predicted octanol–water partition coefficient (Wildman–Crippen LogP) is 4.83. The van der Waals surface area contributed by atoms with Crippen LogP contribution < -0.4 is 20.7 Å². The Labute approximate surface area is 289 Å². The Kier molecular flexibility index (Phi) is 8.78. The van der Waals surface area contributed by atoms with Crippen molar-refractivity contribution in [3.05, 3.63) is 62.4 Å². The molecule has 1 saturated carbocycles. The van der Waals surface area contributed by atoms with E-state index in [1.165, 1.54) is 11.4 Å². The number of carbonyl (C=O) groups excluding carboxylic acids is 1. The van der Waals surface area contributed by atoms with Crippen LogP contribution >= 0.6 is 11.6 Å². The molecule has 1 saturated heterocycles. The van der Waals surface area contributed by atoms with Crippen molar-refractivity contribution in [3.63, 3.8) is 0 Å². The first-order valence-electron chi connectivity index (χ1n) is 16.6. The molecule has 1 aliphatic carbocycles. The second-order valence-corrected chi connectivity index (χ2v) is 13.4. The monoisotopic (exact) mass is 715 g/mol. The second-order valence-electron chi connectivity index (χ2n) is 13.0. The van der Waals surface area contributed by atoms with Crippen molar-refractivity contribution in [1.29, 1.82) is 0 Å². The highest BCUT2D eigenvalue weighted by Gasteiger charge is 2.36. The lowest BCUT2D eigenvalue weighted by atomic mass is 10.1. The first kappa shape index (κ1) is 33.9. The number of halogens is 4. The molecule has 5 heterocycles. The second kappa shape index (κ2) is 13.0. The molecule has 2 fully saturated rings. The number of nitrogens with one attached hydrogen (secondary N) is 1. The zero-order chi connectivity index (χ0) is 35.5. The fourth-order valence-electron chi connectivity index (χ4n) is 6.82. The third-order valence-electron chi connectivity index (χ3n) is 9.50. The average Bonchev–Trinajstić information content (AvgIpc) is 3.70. The number of aromatic hydroxyl groups is 1. The number of fused-ring (bicyclic) bond motifs is 1. The van der Waals surface area contributed by atoms with Crippen LogP contribution in [0.5, 0.6) is 5.88 Å². The van der Waals surface area contributed by atoms with Crippen molar-refractivity contribution < 1.29 is 27.8 Å². The maximum Gasteiger partial charge on any atom is 0.417 e. The van der Waals surface area contributed by atoms with E-state index in [4.69, 9.17) is 21.3 Å². The molecule has 0 unspecified atom stereocenters. The maximum absolute atomic E-state index is 14.3. The minimum atomic E-state index is -4.65. The summed E-state index contributed by atoms with van der Waals surface area (Å²) in [6, 6.07) is 2.09. The number of aryl methyl sites for hydroxylation is 1. The molecule has 7 rings (SSSR count). The fourth-order valence-corrected chi connectivity index (χ4v) is 7.09. The Morgan fingerprint density at radius 2 is 2.00 bits per heavy atom. The van der Waals surface area contributed by atoms with Gasteiger partial charge in [0.1, 0.15) is 17.9 Å². The molecule has 17 heteroatoms. The number of carbonyl (C=O) groups is 1. The van der Waals surface area contributed by atoms with Crippen LogP contribution in [0.2, 0.25) is 5.02 Å². The molecule has 0 spiro atoms. The van der Waals surface area contributed by atoms with E-state index in [0.29, 0.717) is 68.6 Å². The lowest BCUT2D eigenvalue weighted by Gasteiger charge is -2.42. The van der Waals surface area contributed by atoms with E-state index in [1.807, 2.05) is 24.8 Å². The van der Waals surface area contributed by atoms with Gasteiger partial charge in [0, 0.05) is 31.4 Å². The number of rotatable bonds is 8. The van der Waals surface area contributed by atoms with Crippen LogP contribution in [0, 0.1) is 6.92 Å². The van der Waals surface area contributed by atoms with E-state index in [9.17, 15) is 27.9 Å². The average molecular weight is 716 g/mol. The fraction of sp³-hybridized carbons (Fsp3) is 0.485. The number of hydrogen-bond acceptors (Lipinski definition) is 9. The third-order valence-corrected chi connectivity index (χ3v) is 9.82. The maximum atomic E-state index is 14.3. The van der Waals surface area contributed by atoms with Crippen LogP contribution in [0.4, 0.5) is 30.2 Å². The van der Waals surface area contributed by atoms with Crippen LogP contribution in [-0.4, -0.2) is 78.8 Å². The third kappa shape index (κ3) is 6.19. The number of anilines is 3. The van der Waals surface area contributed by atoms with Crippen molar-refractivity contribution >= 4 is 45.9 Å². The summed E-state index contributed by atoms with van der Waals surface area (Å²) < 4.78 is 50.3. The van der Waals surface area contributed by atoms with Crippen molar-refractivity contribution in [2.45, 2.75) is 71.3 Å². The van der Waals surface area contributed by atoms with Gasteiger partial charge in [-0.3, -0.25) is 9.59 Å². The summed E-state index contributed by atoms with van der Waals surface area (Å²) in [6.07, 6.45) is 1.78. The van der Waals surface area contributed by atoms with Crippen LogP contribution in [-0.2, 0) is 28.7 Å². The van der Waals surface area contributed by atoms with Crippen molar-refractivity contribution in [2.24, 2.45) is 0 Å². The van der Waals surface area contributed by atoms with E-state index in [2.05, 4.69) is 20.4 Å². The number of amides is 1. The van der Waals surface area contributed by atoms with Gasteiger partial charge in [0.25, 0.3) is 5.56 Å². The largest absolute Gasteiger partial charge is 0.492 e. The number of piperazine rings is 1. The van der Waals surface area contributed by atoms with E-state index in [-0.39, 0.29) is 47.1 Å². The minimum absolute atomic E-state index is 0.117. The Morgan fingerprint density at radius 1 is 1.22 bits per heavy atom. The molecule has 50 heavy (non-hydrogen) atoms. The molecule has 0 radical (unpaired) electrons. The lowest BCUT2D eigenvalue weighted by molar-refractivity contribution is -0.137. The molecular formula is C33H37ClF3N9O4. The number of ether oxygens (including phenoxy) is 1. The summed E-state index contributed by atoms with van der Waals surface area (Å²) in [7, 11) is 0. The smallest absolute Gasteiger partial charge is 0.417 e. The van der Waals surface area contributed by atoms with Gasteiger partial charge < -0.3 is 29.5 Å². The van der Waals surface area contributed by atoms with Crippen LogP contribution in [0.3, 0.4) is 0 Å². The molecule has 4 aromatic rings. The molecular weight excluding hydrogens is 679 g/mol. The molecule has 1 atom stereocenters. The number of nitrogens with zero attached hydrogens (tertiary/aromatic N) is 8. The summed E-state index contributed by atoms with van der Waals surface area (Å²) in [4.78, 5) is 36.7. The van der Waals surface area contributed by atoms with E-state index < -0.39 is 22.7 Å². The number of benzene rings is 1. The van der Waals surface area contributed by atoms with Gasteiger partial charge >= 0.3 is 6.18 Å². The summed E-state index contributed by atoms with van der Waals surface area (Å²) in [6.45, 7) is 7.27. The molecule has 1 amide bonds. The van der Waals surface area contributed by atoms with Gasteiger partial charge in [-0.05, 0) is 62.8 Å². The van der Waals surface area contributed by atoms with E-state index >= 15 is 0 Å². The standard InChI is InChI=1S/C33H37ClF3N9O4/c1-4-25-28(42-9-10-43(19(3)16-42)26-15-38-45(30(26)48)21-5-6-21)31(49)46-32(40-29(41-46)20-7-11-50-12-8-20)44(25)17-27(47)39-24-14-23(34)22(13-18(24)2)33(35,36)37/h7,13-15,19,21,48H,4-6,8-12,16-17H2,1-3H3,(H,39,47)/t19-/m1/s1. The Bertz CT molecular complexity index is 2070. The van der Waals surface area contributed by atoms with Gasteiger partial charge in [-0.15, -0.1) is 5.10 Å². The van der Waals surface area contributed by atoms with Crippen LogP contribution in [0.25, 0.3) is 11.4 Å². The molecule has 266 valence electrons. The molecule has 2 aliphatic heterocycles. The van der Waals surface area contributed by atoms with Crippen molar-refractivity contribution in [3.8, 4) is 5.88 Å². The summed E-state index contributed by atoms with van der Waals surface area (Å²) >= 11 is 5.97. The minimum Gasteiger partial charge on any atom is -0.492 e. The highest BCUT2D eigenvalue weighted by Crippen LogP contribution is 2.41. The number of alkyl halides is 3. The SMILES string of the molecule is CCc1c(N2CCN(c3cnn(C4CC4)c3O)[C@H](C)C2)c(=O)n2nc(C3=CCOCC3)nc2n1CC(=O)Nc1cc(Cl)c(C(F)(F)F)cc1C. The zero-order valence-corrected chi connectivity index (χ0v) is 28.6. The Balaban J connectivity index is 1.25. The molecule has 1 aromatic carbocycles. The highest BCUT2D eigenvalue weighted by atomic mass is 35.5. The Morgan fingerprint density at radius 3 is 2.66 bits per heavy atom. The van der Waals surface area contributed by atoms with Crippen LogP contribution in [0.15, 0.2) is 29.2 Å². The molecule has 13 nitrogen and oxygen atoms in total. The van der Waals surface area contributed by atoms with Crippen LogP contribution in [0.1, 0.15) is 61.8 Å².